The Bertz CT molecular complexity index is 493. The highest BCUT2D eigenvalue weighted by atomic mass is 16.4. The maximum Gasteiger partial charge on any atom is 0.319 e. The van der Waals surface area contributed by atoms with E-state index in [9.17, 15) is 9.59 Å². The van der Waals surface area contributed by atoms with E-state index in [0.29, 0.717) is 18.7 Å². The number of anilines is 1. The van der Waals surface area contributed by atoms with Gasteiger partial charge in [0.1, 0.15) is 0 Å². The van der Waals surface area contributed by atoms with Crippen LogP contribution in [0, 0.1) is 5.41 Å². The molecular weight excluding hydrogens is 268 g/mol. The second-order valence-corrected chi connectivity index (χ2v) is 6.29. The molecule has 0 spiro atoms. The molecule has 5 nitrogen and oxygen atoms in total. The first-order valence-electron chi connectivity index (χ1n) is 7.12. The highest BCUT2D eigenvalue weighted by molar-refractivity contribution is 5.89. The average molecular weight is 292 g/mol. The van der Waals surface area contributed by atoms with E-state index in [1.807, 2.05) is 12.1 Å². The Labute approximate surface area is 125 Å². The highest BCUT2D eigenvalue weighted by Crippen LogP contribution is 2.17. The number of benzene rings is 1. The van der Waals surface area contributed by atoms with Gasteiger partial charge in [-0.25, -0.2) is 4.79 Å². The van der Waals surface area contributed by atoms with E-state index in [-0.39, 0.29) is 17.9 Å². The van der Waals surface area contributed by atoms with Gasteiger partial charge < -0.3 is 15.7 Å². The molecule has 5 heteroatoms. The zero-order valence-corrected chi connectivity index (χ0v) is 12.9. The standard InChI is InChI=1S/C16H24N2O3/c1-16(2,3)9-10-17-15(21)18-13-6-4-5-12(11-13)7-8-14(19)20/h4-6,11H,7-10H2,1-3H3,(H,19,20)(H2,17,18,21). The van der Waals surface area contributed by atoms with Crippen LogP contribution < -0.4 is 10.6 Å². The fraction of sp³-hybridized carbons (Fsp3) is 0.500. The molecule has 0 bridgehead atoms. The Morgan fingerprint density at radius 1 is 1.24 bits per heavy atom. The van der Waals surface area contributed by atoms with Crippen molar-refractivity contribution in [2.45, 2.75) is 40.0 Å². The molecule has 2 amide bonds. The molecule has 3 N–H and O–H groups in total. The number of hydrogen-bond donors (Lipinski definition) is 3. The van der Waals surface area contributed by atoms with Crippen molar-refractivity contribution >= 4 is 17.7 Å². The molecule has 0 aliphatic carbocycles. The third kappa shape index (κ3) is 7.97. The van der Waals surface area contributed by atoms with Gasteiger partial charge in [0.15, 0.2) is 0 Å². The monoisotopic (exact) mass is 292 g/mol. The number of carbonyl (C=O) groups is 2. The minimum absolute atomic E-state index is 0.0846. The summed E-state index contributed by atoms with van der Waals surface area (Å²) < 4.78 is 0. The molecular formula is C16H24N2O3. The molecule has 0 aliphatic rings. The predicted molar refractivity (Wildman–Crippen MR) is 83.5 cm³/mol. The maximum atomic E-state index is 11.8. The summed E-state index contributed by atoms with van der Waals surface area (Å²) in [6, 6.07) is 7.00. The van der Waals surface area contributed by atoms with Gasteiger partial charge in [0, 0.05) is 18.7 Å². The van der Waals surface area contributed by atoms with Crippen LogP contribution in [0.5, 0.6) is 0 Å². The van der Waals surface area contributed by atoms with Crippen LogP contribution in [0.1, 0.15) is 39.2 Å². The van der Waals surface area contributed by atoms with E-state index in [1.165, 1.54) is 0 Å². The maximum absolute atomic E-state index is 11.8. The summed E-state index contributed by atoms with van der Waals surface area (Å²) in [5, 5.41) is 14.2. The van der Waals surface area contributed by atoms with Crippen molar-refractivity contribution in [3.8, 4) is 0 Å². The number of hydrogen-bond acceptors (Lipinski definition) is 2. The van der Waals surface area contributed by atoms with Crippen molar-refractivity contribution in [1.82, 2.24) is 5.32 Å². The van der Waals surface area contributed by atoms with Crippen molar-refractivity contribution in [3.05, 3.63) is 29.8 Å². The van der Waals surface area contributed by atoms with Crippen LogP contribution in [-0.2, 0) is 11.2 Å². The van der Waals surface area contributed by atoms with Gasteiger partial charge in [-0.1, -0.05) is 32.9 Å². The van der Waals surface area contributed by atoms with Crippen molar-refractivity contribution in [1.29, 1.82) is 0 Å². The van der Waals surface area contributed by atoms with Gasteiger partial charge >= 0.3 is 12.0 Å². The molecule has 1 rings (SSSR count). The average Bonchev–Trinajstić information content (AvgIpc) is 2.35. The van der Waals surface area contributed by atoms with E-state index in [2.05, 4.69) is 31.4 Å². The third-order valence-corrected chi connectivity index (χ3v) is 2.97. The summed E-state index contributed by atoms with van der Waals surface area (Å²) >= 11 is 0. The number of aryl methyl sites for hydroxylation is 1. The topological polar surface area (TPSA) is 78.4 Å². The number of carboxylic acid groups (broad SMARTS) is 1. The summed E-state index contributed by atoms with van der Waals surface area (Å²) in [4.78, 5) is 22.3. The molecule has 0 fully saturated rings. The second kappa shape index (κ2) is 7.67. The zero-order chi connectivity index (χ0) is 15.9. The first kappa shape index (κ1) is 17.0. The minimum atomic E-state index is -0.826. The minimum Gasteiger partial charge on any atom is -0.481 e. The van der Waals surface area contributed by atoms with Gasteiger partial charge in [0.2, 0.25) is 0 Å². The molecule has 0 saturated carbocycles. The Kier molecular flexibility index (Phi) is 6.21. The molecule has 21 heavy (non-hydrogen) atoms. The summed E-state index contributed by atoms with van der Waals surface area (Å²) in [7, 11) is 0. The zero-order valence-electron chi connectivity index (χ0n) is 12.9. The number of carbonyl (C=O) groups excluding carboxylic acids is 1. The van der Waals surface area contributed by atoms with Crippen LogP contribution >= 0.6 is 0 Å². The smallest absolute Gasteiger partial charge is 0.319 e. The number of carboxylic acids is 1. The number of amides is 2. The SMILES string of the molecule is CC(C)(C)CCNC(=O)Nc1cccc(CCC(=O)O)c1. The molecule has 0 radical (unpaired) electrons. The lowest BCUT2D eigenvalue weighted by molar-refractivity contribution is -0.136. The Hall–Kier alpha value is -2.04. The van der Waals surface area contributed by atoms with E-state index in [4.69, 9.17) is 5.11 Å². The fourth-order valence-electron chi connectivity index (χ4n) is 1.78. The Morgan fingerprint density at radius 2 is 1.95 bits per heavy atom. The number of aliphatic carboxylic acids is 1. The van der Waals surface area contributed by atoms with Gasteiger partial charge in [-0.2, -0.15) is 0 Å². The van der Waals surface area contributed by atoms with Crippen LogP contribution in [0.3, 0.4) is 0 Å². The fourth-order valence-corrected chi connectivity index (χ4v) is 1.78. The highest BCUT2D eigenvalue weighted by Gasteiger charge is 2.10. The third-order valence-electron chi connectivity index (χ3n) is 2.97. The lowest BCUT2D eigenvalue weighted by Gasteiger charge is -2.18. The van der Waals surface area contributed by atoms with Crippen LogP contribution in [-0.4, -0.2) is 23.7 Å². The predicted octanol–water partition coefficient (Wildman–Crippen LogP) is 3.26. The van der Waals surface area contributed by atoms with Gasteiger partial charge in [0.05, 0.1) is 0 Å². The van der Waals surface area contributed by atoms with Gasteiger partial charge in [-0.15, -0.1) is 0 Å². The van der Waals surface area contributed by atoms with Crippen LogP contribution in [0.25, 0.3) is 0 Å². The van der Waals surface area contributed by atoms with E-state index in [1.54, 1.807) is 12.1 Å². The Morgan fingerprint density at radius 3 is 2.57 bits per heavy atom. The molecule has 0 heterocycles. The van der Waals surface area contributed by atoms with E-state index in [0.717, 1.165) is 12.0 Å². The molecule has 1 aromatic carbocycles. The molecule has 0 aromatic heterocycles. The number of nitrogens with one attached hydrogen (secondary N) is 2. The summed E-state index contributed by atoms with van der Waals surface area (Å²) in [6.45, 7) is 6.99. The molecule has 0 unspecified atom stereocenters. The van der Waals surface area contributed by atoms with Gasteiger partial charge in [-0.05, 0) is 36.0 Å². The largest absolute Gasteiger partial charge is 0.481 e. The molecule has 0 aliphatic heterocycles. The van der Waals surface area contributed by atoms with Crippen LogP contribution in [0.2, 0.25) is 0 Å². The molecule has 116 valence electrons. The van der Waals surface area contributed by atoms with Crippen LogP contribution in [0.4, 0.5) is 10.5 Å². The van der Waals surface area contributed by atoms with Crippen molar-refractivity contribution in [2.24, 2.45) is 5.41 Å². The lowest BCUT2D eigenvalue weighted by Crippen LogP contribution is -2.31. The molecule has 1 aromatic rings. The quantitative estimate of drug-likeness (QED) is 0.753. The number of urea groups is 1. The lowest BCUT2D eigenvalue weighted by atomic mass is 9.92. The molecule has 0 atom stereocenters. The van der Waals surface area contributed by atoms with Crippen molar-refractivity contribution < 1.29 is 14.7 Å². The molecule has 0 saturated heterocycles. The van der Waals surface area contributed by atoms with Crippen LogP contribution in [0.15, 0.2) is 24.3 Å². The number of rotatable bonds is 6. The summed E-state index contributed by atoms with van der Waals surface area (Å²) in [5.41, 5.74) is 1.75. The first-order valence-corrected chi connectivity index (χ1v) is 7.12. The first-order chi connectivity index (χ1) is 9.76. The van der Waals surface area contributed by atoms with Crippen molar-refractivity contribution in [3.63, 3.8) is 0 Å². The van der Waals surface area contributed by atoms with Crippen molar-refractivity contribution in [2.75, 3.05) is 11.9 Å². The van der Waals surface area contributed by atoms with E-state index < -0.39 is 5.97 Å². The van der Waals surface area contributed by atoms with E-state index >= 15 is 0 Å². The van der Waals surface area contributed by atoms with Gasteiger partial charge in [0.25, 0.3) is 0 Å². The summed E-state index contributed by atoms with van der Waals surface area (Å²) in [5.74, 6) is -0.826. The van der Waals surface area contributed by atoms with Gasteiger partial charge in [-0.3, -0.25) is 4.79 Å². The normalized spacial score (nSPS) is 11.0. The second-order valence-electron chi connectivity index (χ2n) is 6.29. The Balaban J connectivity index is 2.45. The summed E-state index contributed by atoms with van der Waals surface area (Å²) in [6.07, 6.45) is 1.44.